The number of hydrogen-bond acceptors (Lipinski definition) is 6. The molecule has 0 bridgehead atoms. The van der Waals surface area contributed by atoms with Gasteiger partial charge in [0.1, 0.15) is 0 Å². The number of benzene rings is 1. The lowest BCUT2D eigenvalue weighted by molar-refractivity contribution is -0.138. The first kappa shape index (κ1) is 20.5. The zero-order valence-corrected chi connectivity index (χ0v) is 17.7. The van der Waals surface area contributed by atoms with Crippen LogP contribution in [0.25, 0.3) is 0 Å². The average molecular weight is 436 g/mol. The predicted octanol–water partition coefficient (Wildman–Crippen LogP) is 2.40. The van der Waals surface area contributed by atoms with E-state index in [2.05, 4.69) is 20.4 Å². The first-order valence-corrected chi connectivity index (χ1v) is 11.1. The summed E-state index contributed by atoms with van der Waals surface area (Å²) in [6.07, 6.45) is 5.48. The number of halogens is 1. The van der Waals surface area contributed by atoms with Crippen molar-refractivity contribution >= 4 is 24.0 Å². The van der Waals surface area contributed by atoms with Gasteiger partial charge in [0.05, 0.1) is 23.9 Å². The third-order valence-electron chi connectivity index (χ3n) is 6.50. The Hall–Kier alpha value is -3.36. The minimum Gasteiger partial charge on any atom is -0.355 e. The summed E-state index contributed by atoms with van der Waals surface area (Å²) in [6.45, 7) is 1.70. The fraction of sp³-hybridized carbons (Fsp3) is 0.435. The maximum Gasteiger partial charge on any atom is 0.246 e. The van der Waals surface area contributed by atoms with Crippen LogP contribution in [-0.4, -0.2) is 52.6 Å². The number of hydrazone groups is 1. The van der Waals surface area contributed by atoms with Gasteiger partial charge in [-0.25, -0.2) is 19.4 Å². The van der Waals surface area contributed by atoms with Crippen molar-refractivity contribution in [2.45, 2.75) is 37.6 Å². The second-order valence-electron chi connectivity index (χ2n) is 8.44. The normalized spacial score (nSPS) is 23.6. The number of nitrogens with one attached hydrogen (secondary N) is 1. The van der Waals surface area contributed by atoms with Crippen molar-refractivity contribution in [1.82, 2.24) is 20.3 Å². The Morgan fingerprint density at radius 2 is 1.91 bits per heavy atom. The summed E-state index contributed by atoms with van der Waals surface area (Å²) >= 11 is 0. The lowest BCUT2D eigenvalue weighted by Gasteiger charge is -2.34. The third kappa shape index (κ3) is 3.83. The van der Waals surface area contributed by atoms with Crippen LogP contribution < -0.4 is 10.2 Å². The Labute approximate surface area is 185 Å². The molecule has 8 nitrogen and oxygen atoms in total. The molecule has 2 atom stereocenters. The van der Waals surface area contributed by atoms with Crippen LogP contribution in [-0.2, 0) is 9.59 Å². The average Bonchev–Trinajstić information content (AvgIpc) is 3.49. The lowest BCUT2D eigenvalue weighted by atomic mass is 9.94. The fourth-order valence-electron chi connectivity index (χ4n) is 4.71. The van der Waals surface area contributed by atoms with Gasteiger partial charge in [0, 0.05) is 38.2 Å². The van der Waals surface area contributed by atoms with Crippen LogP contribution in [0.15, 0.2) is 41.6 Å². The molecule has 2 unspecified atom stereocenters. The second kappa shape index (κ2) is 8.64. The largest absolute Gasteiger partial charge is 0.355 e. The molecule has 0 saturated carbocycles. The molecule has 9 heteroatoms. The molecular formula is C23H25FN6O2. The molecule has 2 amide bonds. The van der Waals surface area contributed by atoms with Crippen LogP contribution >= 0.6 is 0 Å². The molecule has 2 aromatic rings. The lowest BCUT2D eigenvalue weighted by Crippen LogP contribution is -2.41. The Morgan fingerprint density at radius 3 is 2.62 bits per heavy atom. The molecule has 1 aromatic carbocycles. The van der Waals surface area contributed by atoms with Crippen LogP contribution in [0.4, 0.5) is 10.3 Å². The highest BCUT2D eigenvalue weighted by Gasteiger charge is 2.36. The maximum atomic E-state index is 14.3. The number of aromatic nitrogens is 2. The van der Waals surface area contributed by atoms with Gasteiger partial charge in [0.15, 0.2) is 5.82 Å². The van der Waals surface area contributed by atoms with Crippen LogP contribution in [0.1, 0.15) is 48.9 Å². The van der Waals surface area contributed by atoms with Gasteiger partial charge in [-0.2, -0.15) is 5.10 Å². The first-order chi connectivity index (χ1) is 15.6. The van der Waals surface area contributed by atoms with Crippen molar-refractivity contribution in [2.75, 3.05) is 24.5 Å². The highest BCUT2D eigenvalue weighted by molar-refractivity contribution is 5.85. The zero-order chi connectivity index (χ0) is 22.1. The van der Waals surface area contributed by atoms with E-state index in [0.717, 1.165) is 18.2 Å². The van der Waals surface area contributed by atoms with Gasteiger partial charge < -0.3 is 10.2 Å². The minimum absolute atomic E-state index is 0.0376. The van der Waals surface area contributed by atoms with Crippen LogP contribution in [0.2, 0.25) is 0 Å². The second-order valence-corrected chi connectivity index (χ2v) is 8.44. The first-order valence-electron chi connectivity index (χ1n) is 11.1. The predicted molar refractivity (Wildman–Crippen MR) is 116 cm³/mol. The summed E-state index contributed by atoms with van der Waals surface area (Å²) in [7, 11) is 0. The summed E-state index contributed by atoms with van der Waals surface area (Å²) in [6, 6.07) is 9.90. The Balaban J connectivity index is 1.25. The Kier molecular flexibility index (Phi) is 5.55. The third-order valence-corrected chi connectivity index (χ3v) is 6.50. The minimum atomic E-state index is -0.571. The standard InChI is InChI=1S/C23H25FN6O2/c24-18-14-26-23(28-20(18)17-6-10-25-21(17)31)29-12-8-16(9-13-29)22(32)30-19(7-11-27-30)15-4-2-1-3-5-15/h1-5,11,14,16-17,19H,6-10,12-13H2,(H,25,31). The molecule has 32 heavy (non-hydrogen) atoms. The summed E-state index contributed by atoms with van der Waals surface area (Å²) in [5.74, 6) is -1.01. The molecule has 1 N–H and O–H groups in total. The number of piperidine rings is 1. The van der Waals surface area contributed by atoms with Gasteiger partial charge in [-0.05, 0) is 24.8 Å². The van der Waals surface area contributed by atoms with E-state index in [4.69, 9.17) is 0 Å². The molecule has 3 aliphatic heterocycles. The van der Waals surface area contributed by atoms with Crippen LogP contribution in [0, 0.1) is 11.7 Å². The molecule has 166 valence electrons. The van der Waals surface area contributed by atoms with E-state index in [9.17, 15) is 14.0 Å². The van der Waals surface area contributed by atoms with Crippen LogP contribution in [0.5, 0.6) is 0 Å². The highest BCUT2D eigenvalue weighted by atomic mass is 19.1. The van der Waals surface area contributed by atoms with E-state index >= 15 is 0 Å². The van der Waals surface area contributed by atoms with E-state index < -0.39 is 11.7 Å². The number of amides is 2. The zero-order valence-electron chi connectivity index (χ0n) is 17.7. The molecule has 2 fully saturated rings. The summed E-state index contributed by atoms with van der Waals surface area (Å²) < 4.78 is 14.3. The van der Waals surface area contributed by atoms with Gasteiger partial charge in [0.2, 0.25) is 17.8 Å². The Bertz CT molecular complexity index is 1040. The number of carbonyl (C=O) groups is 2. The van der Waals surface area contributed by atoms with Crippen molar-refractivity contribution < 1.29 is 14.0 Å². The maximum absolute atomic E-state index is 14.3. The van der Waals surface area contributed by atoms with E-state index in [1.165, 1.54) is 0 Å². The number of rotatable bonds is 4. The molecule has 5 rings (SSSR count). The summed E-state index contributed by atoms with van der Waals surface area (Å²) in [5, 5.41) is 8.71. The quantitative estimate of drug-likeness (QED) is 0.795. The molecular weight excluding hydrogens is 411 g/mol. The molecule has 4 heterocycles. The number of carbonyl (C=O) groups excluding carboxylic acids is 2. The molecule has 0 spiro atoms. The van der Waals surface area contributed by atoms with E-state index in [0.29, 0.717) is 44.8 Å². The monoisotopic (exact) mass is 436 g/mol. The molecule has 3 aliphatic rings. The van der Waals surface area contributed by atoms with E-state index in [1.807, 2.05) is 35.2 Å². The van der Waals surface area contributed by atoms with Gasteiger partial charge in [0.25, 0.3) is 0 Å². The fourth-order valence-corrected chi connectivity index (χ4v) is 4.71. The highest BCUT2D eigenvalue weighted by Crippen LogP contribution is 2.32. The molecule has 0 radical (unpaired) electrons. The molecule has 2 saturated heterocycles. The van der Waals surface area contributed by atoms with Crippen molar-refractivity contribution in [2.24, 2.45) is 11.0 Å². The Morgan fingerprint density at radius 1 is 1.12 bits per heavy atom. The van der Waals surface area contributed by atoms with Crippen LogP contribution in [0.3, 0.4) is 0 Å². The van der Waals surface area contributed by atoms with E-state index in [-0.39, 0.29) is 29.5 Å². The van der Waals surface area contributed by atoms with E-state index in [1.54, 1.807) is 11.2 Å². The number of hydrogen-bond donors (Lipinski definition) is 1. The summed E-state index contributed by atoms with van der Waals surface area (Å²) in [5.41, 5.74) is 1.24. The molecule has 1 aromatic heterocycles. The van der Waals surface area contributed by atoms with Crippen molar-refractivity contribution in [1.29, 1.82) is 0 Å². The van der Waals surface area contributed by atoms with Gasteiger partial charge >= 0.3 is 0 Å². The van der Waals surface area contributed by atoms with Gasteiger partial charge in [-0.3, -0.25) is 9.59 Å². The van der Waals surface area contributed by atoms with Crippen molar-refractivity contribution in [3.05, 3.63) is 53.6 Å². The summed E-state index contributed by atoms with van der Waals surface area (Å²) in [4.78, 5) is 35.7. The van der Waals surface area contributed by atoms with Crippen molar-refractivity contribution in [3.8, 4) is 0 Å². The molecule has 0 aliphatic carbocycles. The topological polar surface area (TPSA) is 90.8 Å². The SMILES string of the molecule is O=C1NCCC1c1nc(N2CCC(C(=O)N3N=CCC3c3ccccc3)CC2)ncc1F. The van der Waals surface area contributed by atoms with Crippen molar-refractivity contribution in [3.63, 3.8) is 0 Å². The smallest absolute Gasteiger partial charge is 0.246 e. The number of nitrogens with zero attached hydrogens (tertiary/aromatic N) is 5. The van der Waals surface area contributed by atoms with Gasteiger partial charge in [-0.1, -0.05) is 30.3 Å². The van der Waals surface area contributed by atoms with Gasteiger partial charge in [-0.15, -0.1) is 0 Å². The number of anilines is 1.